The van der Waals surface area contributed by atoms with Crippen LogP contribution in [0.15, 0.2) is 65.2 Å². The number of pyridine rings is 1. The van der Waals surface area contributed by atoms with E-state index in [1.807, 2.05) is 60.7 Å². The highest BCUT2D eigenvalue weighted by molar-refractivity contribution is 5.69. The molecule has 29 heavy (non-hydrogen) atoms. The lowest BCUT2D eigenvalue weighted by Gasteiger charge is -2.08. The van der Waals surface area contributed by atoms with Crippen LogP contribution in [0.4, 0.5) is 0 Å². The van der Waals surface area contributed by atoms with E-state index in [2.05, 4.69) is 15.1 Å². The first-order valence-corrected chi connectivity index (χ1v) is 8.90. The molecule has 2 aromatic carbocycles. The predicted octanol–water partition coefficient (Wildman–Crippen LogP) is 4.49. The lowest BCUT2D eigenvalue weighted by molar-refractivity contribution is 0.398. The summed E-state index contributed by atoms with van der Waals surface area (Å²) >= 11 is 0. The Kier molecular flexibility index (Phi) is 5.11. The summed E-state index contributed by atoms with van der Waals surface area (Å²) in [5, 5.41) is 4.09. The van der Waals surface area contributed by atoms with E-state index < -0.39 is 0 Å². The zero-order valence-corrected chi connectivity index (χ0v) is 16.2. The molecular weight excluding hydrogens is 370 g/mol. The minimum atomic E-state index is 0.400. The van der Waals surface area contributed by atoms with Gasteiger partial charge in [-0.1, -0.05) is 17.3 Å². The van der Waals surface area contributed by atoms with Crippen LogP contribution >= 0.6 is 0 Å². The van der Waals surface area contributed by atoms with Crippen molar-refractivity contribution in [2.24, 2.45) is 0 Å². The molecule has 0 aliphatic rings. The predicted molar refractivity (Wildman–Crippen MR) is 108 cm³/mol. The zero-order valence-electron chi connectivity index (χ0n) is 16.2. The van der Waals surface area contributed by atoms with Crippen molar-refractivity contribution in [2.45, 2.75) is 0 Å². The summed E-state index contributed by atoms with van der Waals surface area (Å²) in [4.78, 5) is 9.09. The third-order valence-electron chi connectivity index (χ3n) is 4.42. The SMILES string of the molecule is COc1ccc(-c2nc(-c3ccc(-c4cccc(OC)c4)nc3OC)no2)cc1. The third kappa shape index (κ3) is 3.75. The van der Waals surface area contributed by atoms with E-state index in [0.29, 0.717) is 23.2 Å². The van der Waals surface area contributed by atoms with Gasteiger partial charge in [-0.3, -0.25) is 0 Å². The Morgan fingerprint density at radius 1 is 0.724 bits per heavy atom. The van der Waals surface area contributed by atoms with Crippen LogP contribution in [0.3, 0.4) is 0 Å². The Hall–Kier alpha value is -3.87. The number of hydrogen-bond donors (Lipinski definition) is 0. The first-order valence-electron chi connectivity index (χ1n) is 8.90. The molecule has 0 bridgehead atoms. The number of rotatable bonds is 6. The van der Waals surface area contributed by atoms with Gasteiger partial charge in [-0.15, -0.1) is 0 Å². The van der Waals surface area contributed by atoms with Crippen LogP contribution in [-0.2, 0) is 0 Å². The summed E-state index contributed by atoms with van der Waals surface area (Å²) in [6, 6.07) is 18.8. The number of nitrogens with zero attached hydrogens (tertiary/aromatic N) is 3. The molecule has 0 N–H and O–H groups in total. The maximum absolute atomic E-state index is 5.48. The quantitative estimate of drug-likeness (QED) is 0.481. The number of hydrogen-bond acceptors (Lipinski definition) is 7. The zero-order chi connectivity index (χ0) is 20.2. The van der Waals surface area contributed by atoms with E-state index in [1.165, 1.54) is 0 Å². The lowest BCUT2D eigenvalue weighted by atomic mass is 10.1. The molecule has 0 saturated heterocycles. The number of ether oxygens (including phenoxy) is 3. The average molecular weight is 389 g/mol. The Labute approximate surface area is 167 Å². The number of benzene rings is 2. The van der Waals surface area contributed by atoms with Gasteiger partial charge in [0.15, 0.2) is 0 Å². The van der Waals surface area contributed by atoms with Crippen molar-refractivity contribution in [3.8, 4) is 51.5 Å². The van der Waals surface area contributed by atoms with Gasteiger partial charge in [-0.25, -0.2) is 4.98 Å². The van der Waals surface area contributed by atoms with Crippen molar-refractivity contribution in [2.75, 3.05) is 21.3 Å². The van der Waals surface area contributed by atoms with Crippen molar-refractivity contribution in [1.29, 1.82) is 0 Å². The minimum absolute atomic E-state index is 0.400. The van der Waals surface area contributed by atoms with Crippen LogP contribution in [0, 0.1) is 0 Å². The summed E-state index contributed by atoms with van der Waals surface area (Å²) in [7, 11) is 4.81. The fourth-order valence-electron chi connectivity index (χ4n) is 2.89. The van der Waals surface area contributed by atoms with Crippen molar-refractivity contribution in [3.05, 3.63) is 60.7 Å². The molecule has 7 heteroatoms. The normalized spacial score (nSPS) is 10.6. The van der Waals surface area contributed by atoms with Gasteiger partial charge < -0.3 is 18.7 Å². The van der Waals surface area contributed by atoms with E-state index in [1.54, 1.807) is 21.3 Å². The first-order chi connectivity index (χ1) is 14.2. The number of aromatic nitrogens is 3. The highest BCUT2D eigenvalue weighted by Gasteiger charge is 2.17. The monoisotopic (exact) mass is 389 g/mol. The summed E-state index contributed by atoms with van der Waals surface area (Å²) in [6.45, 7) is 0. The van der Waals surface area contributed by atoms with Gasteiger partial charge in [-0.2, -0.15) is 4.98 Å². The standard InChI is InChI=1S/C22H19N3O4/c1-26-16-9-7-14(8-10-16)21-24-20(25-29-21)18-11-12-19(23-22(18)28-3)15-5-4-6-17(13-15)27-2/h4-13H,1-3H3. The molecule has 0 atom stereocenters. The van der Waals surface area contributed by atoms with E-state index in [4.69, 9.17) is 18.7 Å². The van der Waals surface area contributed by atoms with Crippen molar-refractivity contribution >= 4 is 0 Å². The molecule has 0 unspecified atom stereocenters. The molecule has 2 aromatic heterocycles. The Morgan fingerprint density at radius 3 is 2.24 bits per heavy atom. The highest BCUT2D eigenvalue weighted by Crippen LogP contribution is 2.32. The van der Waals surface area contributed by atoms with Crippen LogP contribution in [0.2, 0.25) is 0 Å². The van der Waals surface area contributed by atoms with E-state index in [0.717, 1.165) is 28.3 Å². The summed E-state index contributed by atoms with van der Waals surface area (Å²) < 4.78 is 21.4. The second-order valence-corrected chi connectivity index (χ2v) is 6.14. The molecule has 0 aliphatic heterocycles. The van der Waals surface area contributed by atoms with Gasteiger partial charge in [0.2, 0.25) is 11.7 Å². The van der Waals surface area contributed by atoms with Crippen LogP contribution in [0.5, 0.6) is 17.4 Å². The second kappa shape index (κ2) is 8.02. The van der Waals surface area contributed by atoms with Crippen molar-refractivity contribution in [3.63, 3.8) is 0 Å². The molecular formula is C22H19N3O4. The maximum atomic E-state index is 5.48. The molecule has 4 rings (SSSR count). The molecule has 0 saturated carbocycles. The molecule has 0 aliphatic carbocycles. The molecule has 0 radical (unpaired) electrons. The molecule has 0 fully saturated rings. The van der Waals surface area contributed by atoms with E-state index >= 15 is 0 Å². The molecule has 0 amide bonds. The van der Waals surface area contributed by atoms with Crippen molar-refractivity contribution < 1.29 is 18.7 Å². The van der Waals surface area contributed by atoms with Gasteiger partial charge in [0, 0.05) is 11.1 Å². The summed E-state index contributed by atoms with van der Waals surface area (Å²) in [6.07, 6.45) is 0. The fourth-order valence-corrected chi connectivity index (χ4v) is 2.89. The third-order valence-corrected chi connectivity index (χ3v) is 4.42. The van der Waals surface area contributed by atoms with E-state index in [-0.39, 0.29) is 0 Å². The van der Waals surface area contributed by atoms with Gasteiger partial charge in [0.1, 0.15) is 11.5 Å². The van der Waals surface area contributed by atoms with E-state index in [9.17, 15) is 0 Å². The van der Waals surface area contributed by atoms with Crippen LogP contribution in [-0.4, -0.2) is 36.5 Å². The molecule has 0 spiro atoms. The van der Waals surface area contributed by atoms with Crippen LogP contribution < -0.4 is 14.2 Å². The maximum Gasteiger partial charge on any atom is 0.258 e. The Balaban J connectivity index is 1.67. The van der Waals surface area contributed by atoms with Gasteiger partial charge >= 0.3 is 0 Å². The largest absolute Gasteiger partial charge is 0.497 e. The summed E-state index contributed by atoms with van der Waals surface area (Å²) in [5.41, 5.74) is 3.11. The molecule has 2 heterocycles. The highest BCUT2D eigenvalue weighted by atomic mass is 16.5. The topological polar surface area (TPSA) is 79.5 Å². The first kappa shape index (κ1) is 18.5. The van der Waals surface area contributed by atoms with Gasteiger partial charge in [-0.05, 0) is 48.5 Å². The smallest absolute Gasteiger partial charge is 0.258 e. The number of methoxy groups -OCH3 is 3. The van der Waals surface area contributed by atoms with Crippen LogP contribution in [0.25, 0.3) is 34.1 Å². The fraction of sp³-hybridized carbons (Fsp3) is 0.136. The lowest BCUT2D eigenvalue weighted by Crippen LogP contribution is -1.95. The van der Waals surface area contributed by atoms with Crippen LogP contribution in [0.1, 0.15) is 0 Å². The summed E-state index contributed by atoms with van der Waals surface area (Å²) in [5.74, 6) is 2.73. The van der Waals surface area contributed by atoms with Gasteiger partial charge in [0.05, 0.1) is 32.6 Å². The molecule has 7 nitrogen and oxygen atoms in total. The molecule has 146 valence electrons. The molecule has 4 aromatic rings. The van der Waals surface area contributed by atoms with Crippen molar-refractivity contribution in [1.82, 2.24) is 15.1 Å². The van der Waals surface area contributed by atoms with Gasteiger partial charge in [0.25, 0.3) is 5.89 Å². The second-order valence-electron chi connectivity index (χ2n) is 6.14. The average Bonchev–Trinajstić information content (AvgIpc) is 3.28. The Bertz CT molecular complexity index is 1120. The minimum Gasteiger partial charge on any atom is -0.497 e. The Morgan fingerprint density at radius 2 is 1.52 bits per heavy atom.